The summed E-state index contributed by atoms with van der Waals surface area (Å²) in [5, 5.41) is 9.38. The Hall–Kier alpha value is -1.13. The zero-order valence-electron chi connectivity index (χ0n) is 12.1. The Morgan fingerprint density at radius 2 is 2.21 bits per heavy atom. The van der Waals surface area contributed by atoms with E-state index < -0.39 is 0 Å². The molecule has 4 nitrogen and oxygen atoms in total. The summed E-state index contributed by atoms with van der Waals surface area (Å²) in [5.74, 6) is 0.964. The highest BCUT2D eigenvalue weighted by Crippen LogP contribution is 2.23. The second-order valence-corrected chi connectivity index (χ2v) is 5.76. The maximum Gasteiger partial charge on any atom is 0.129 e. The van der Waals surface area contributed by atoms with E-state index in [1.54, 1.807) is 0 Å². The monoisotopic (exact) mass is 264 g/mol. The highest BCUT2D eigenvalue weighted by Gasteiger charge is 2.28. The maximum atomic E-state index is 9.38. The summed E-state index contributed by atoms with van der Waals surface area (Å²) in [6.45, 7) is 8.83. The third-order valence-electron chi connectivity index (χ3n) is 3.36. The molecule has 2 rings (SSSR count). The summed E-state index contributed by atoms with van der Waals surface area (Å²) < 4.78 is 5.73. The highest BCUT2D eigenvalue weighted by molar-refractivity contribution is 5.43. The van der Waals surface area contributed by atoms with Gasteiger partial charge in [-0.1, -0.05) is 13.3 Å². The van der Waals surface area contributed by atoms with Gasteiger partial charge in [0.1, 0.15) is 5.82 Å². The van der Waals surface area contributed by atoms with Gasteiger partial charge in [0.05, 0.1) is 18.8 Å². The predicted molar refractivity (Wildman–Crippen MR) is 76.4 cm³/mol. The molecule has 0 atom stereocenters. The number of anilines is 1. The minimum atomic E-state index is -0.139. The van der Waals surface area contributed by atoms with E-state index in [1.807, 2.05) is 12.1 Å². The van der Waals surface area contributed by atoms with Crippen LogP contribution in [-0.2, 0) is 17.8 Å². The summed E-state index contributed by atoms with van der Waals surface area (Å²) in [7, 11) is 0. The van der Waals surface area contributed by atoms with E-state index in [4.69, 9.17) is 9.72 Å². The van der Waals surface area contributed by atoms with Crippen molar-refractivity contribution < 1.29 is 9.84 Å². The van der Waals surface area contributed by atoms with Crippen LogP contribution in [0.15, 0.2) is 12.1 Å². The van der Waals surface area contributed by atoms with Gasteiger partial charge in [0.2, 0.25) is 0 Å². The molecular formula is C15H24N2O2. The number of pyridine rings is 1. The minimum absolute atomic E-state index is 0.0694. The van der Waals surface area contributed by atoms with Crippen molar-refractivity contribution in [3.63, 3.8) is 0 Å². The number of nitrogens with zero attached hydrogens (tertiary/aromatic N) is 2. The van der Waals surface area contributed by atoms with Crippen molar-refractivity contribution in [2.24, 2.45) is 0 Å². The average Bonchev–Trinajstić information content (AvgIpc) is 2.37. The first kappa shape index (κ1) is 14.3. The normalized spacial score (nSPS) is 18.6. The molecule has 0 saturated carbocycles. The van der Waals surface area contributed by atoms with Gasteiger partial charge < -0.3 is 14.7 Å². The molecule has 106 valence electrons. The largest absolute Gasteiger partial charge is 0.392 e. The van der Waals surface area contributed by atoms with Crippen molar-refractivity contribution in [3.05, 3.63) is 23.4 Å². The molecule has 1 saturated heterocycles. The van der Waals surface area contributed by atoms with Crippen LogP contribution in [0.5, 0.6) is 0 Å². The fraction of sp³-hybridized carbons (Fsp3) is 0.667. The topological polar surface area (TPSA) is 45.6 Å². The minimum Gasteiger partial charge on any atom is -0.392 e. The molecule has 0 radical (unpaired) electrons. The van der Waals surface area contributed by atoms with Crippen LogP contribution in [0.25, 0.3) is 0 Å². The number of ether oxygens (including phenoxy) is 1. The molecule has 19 heavy (non-hydrogen) atoms. The zero-order valence-corrected chi connectivity index (χ0v) is 12.1. The predicted octanol–water partition coefficient (Wildman–Crippen LogP) is 2.14. The molecule has 0 bridgehead atoms. The van der Waals surface area contributed by atoms with Crippen molar-refractivity contribution in [2.45, 2.75) is 45.8 Å². The lowest BCUT2D eigenvalue weighted by molar-refractivity contribution is -0.0279. The van der Waals surface area contributed by atoms with Crippen LogP contribution in [0.3, 0.4) is 0 Å². The Morgan fingerprint density at radius 3 is 2.84 bits per heavy atom. The van der Waals surface area contributed by atoms with Gasteiger partial charge >= 0.3 is 0 Å². The number of morpholine rings is 1. The number of aromatic nitrogens is 1. The number of aryl methyl sites for hydroxylation is 1. The van der Waals surface area contributed by atoms with E-state index in [0.717, 1.165) is 49.6 Å². The van der Waals surface area contributed by atoms with Gasteiger partial charge in [-0.05, 0) is 38.0 Å². The lowest BCUT2D eigenvalue weighted by atomic mass is 10.1. The van der Waals surface area contributed by atoms with Crippen LogP contribution in [0.4, 0.5) is 5.82 Å². The van der Waals surface area contributed by atoms with Gasteiger partial charge in [0.25, 0.3) is 0 Å². The van der Waals surface area contributed by atoms with E-state index in [2.05, 4.69) is 25.7 Å². The van der Waals surface area contributed by atoms with Gasteiger partial charge in [0, 0.05) is 18.8 Å². The molecule has 1 aliphatic heterocycles. The fourth-order valence-electron chi connectivity index (χ4n) is 2.48. The first-order chi connectivity index (χ1) is 9.04. The number of rotatable bonds is 4. The van der Waals surface area contributed by atoms with Gasteiger partial charge in [-0.2, -0.15) is 0 Å². The molecule has 0 amide bonds. The van der Waals surface area contributed by atoms with Crippen LogP contribution in [-0.4, -0.2) is 35.4 Å². The zero-order chi connectivity index (χ0) is 13.9. The SMILES string of the molecule is CCCc1cc(CO)cc(N2CCOC(C)(C)C2)n1. The molecule has 1 aromatic rings. The van der Waals surface area contributed by atoms with Crippen LogP contribution < -0.4 is 4.90 Å². The second kappa shape index (κ2) is 5.88. The van der Waals surface area contributed by atoms with Gasteiger partial charge in [0.15, 0.2) is 0 Å². The summed E-state index contributed by atoms with van der Waals surface area (Å²) in [4.78, 5) is 6.97. The molecule has 0 spiro atoms. The number of aliphatic hydroxyl groups is 1. The Bertz CT molecular complexity index is 432. The Labute approximate surface area is 115 Å². The summed E-state index contributed by atoms with van der Waals surface area (Å²) in [6, 6.07) is 3.99. The third kappa shape index (κ3) is 3.67. The molecule has 0 unspecified atom stereocenters. The molecule has 1 aromatic heterocycles. The maximum absolute atomic E-state index is 9.38. The lowest BCUT2D eigenvalue weighted by Crippen LogP contribution is -2.48. The molecular weight excluding hydrogens is 240 g/mol. The highest BCUT2D eigenvalue weighted by atomic mass is 16.5. The van der Waals surface area contributed by atoms with E-state index in [-0.39, 0.29) is 12.2 Å². The van der Waals surface area contributed by atoms with Crippen molar-refractivity contribution in [2.75, 3.05) is 24.6 Å². The van der Waals surface area contributed by atoms with E-state index in [0.29, 0.717) is 0 Å². The van der Waals surface area contributed by atoms with Crippen molar-refractivity contribution in [1.82, 2.24) is 4.98 Å². The smallest absolute Gasteiger partial charge is 0.129 e. The summed E-state index contributed by atoms with van der Waals surface area (Å²) >= 11 is 0. The first-order valence-corrected chi connectivity index (χ1v) is 7.03. The van der Waals surface area contributed by atoms with E-state index in [1.165, 1.54) is 0 Å². The summed E-state index contributed by atoms with van der Waals surface area (Å²) in [5.41, 5.74) is 1.87. The fourth-order valence-corrected chi connectivity index (χ4v) is 2.48. The Morgan fingerprint density at radius 1 is 1.42 bits per heavy atom. The number of hydrogen-bond donors (Lipinski definition) is 1. The van der Waals surface area contributed by atoms with Crippen LogP contribution >= 0.6 is 0 Å². The average molecular weight is 264 g/mol. The third-order valence-corrected chi connectivity index (χ3v) is 3.36. The molecule has 2 heterocycles. The number of hydrogen-bond acceptors (Lipinski definition) is 4. The molecule has 1 fully saturated rings. The van der Waals surface area contributed by atoms with Gasteiger partial charge in [-0.3, -0.25) is 0 Å². The number of aliphatic hydroxyl groups excluding tert-OH is 1. The molecule has 1 N–H and O–H groups in total. The first-order valence-electron chi connectivity index (χ1n) is 7.03. The van der Waals surface area contributed by atoms with Gasteiger partial charge in [-0.25, -0.2) is 4.98 Å². The van der Waals surface area contributed by atoms with E-state index in [9.17, 15) is 5.11 Å². The molecule has 0 aromatic carbocycles. The van der Waals surface area contributed by atoms with Crippen molar-refractivity contribution in [3.8, 4) is 0 Å². The second-order valence-electron chi connectivity index (χ2n) is 5.76. The standard InChI is InChI=1S/C15H24N2O2/c1-4-5-13-8-12(10-18)9-14(16-13)17-6-7-19-15(2,3)11-17/h8-9,18H,4-7,10-11H2,1-3H3. The van der Waals surface area contributed by atoms with Crippen molar-refractivity contribution in [1.29, 1.82) is 0 Å². The lowest BCUT2D eigenvalue weighted by Gasteiger charge is -2.39. The molecule has 0 aliphatic carbocycles. The Balaban J connectivity index is 2.25. The molecule has 1 aliphatic rings. The van der Waals surface area contributed by atoms with Crippen LogP contribution in [0.1, 0.15) is 38.4 Å². The quantitative estimate of drug-likeness (QED) is 0.905. The van der Waals surface area contributed by atoms with Gasteiger partial charge in [-0.15, -0.1) is 0 Å². The van der Waals surface area contributed by atoms with Crippen LogP contribution in [0.2, 0.25) is 0 Å². The van der Waals surface area contributed by atoms with Crippen LogP contribution in [0, 0.1) is 0 Å². The molecule has 4 heteroatoms. The van der Waals surface area contributed by atoms with Crippen molar-refractivity contribution >= 4 is 5.82 Å². The summed E-state index contributed by atoms with van der Waals surface area (Å²) in [6.07, 6.45) is 2.02. The van der Waals surface area contributed by atoms with E-state index >= 15 is 0 Å². The Kier molecular flexibility index (Phi) is 4.42.